The average molecular weight is 261 g/mol. The van der Waals surface area contributed by atoms with Gasteiger partial charge in [-0.05, 0) is 70.8 Å². The third-order valence-electron chi connectivity index (χ3n) is 3.86. The molecule has 0 aromatic carbocycles. The van der Waals surface area contributed by atoms with Gasteiger partial charge < -0.3 is 0 Å². The van der Waals surface area contributed by atoms with Crippen LogP contribution in [0, 0.1) is 5.92 Å². The van der Waals surface area contributed by atoms with E-state index in [1.807, 2.05) is 0 Å². The summed E-state index contributed by atoms with van der Waals surface area (Å²) in [5.41, 5.74) is 2.89. The Morgan fingerprint density at radius 3 is 2.79 bits per heavy atom. The van der Waals surface area contributed by atoms with E-state index in [4.69, 9.17) is 4.99 Å². The van der Waals surface area contributed by atoms with Gasteiger partial charge in [0, 0.05) is 12.3 Å². The molecule has 108 valence electrons. The van der Waals surface area contributed by atoms with Crippen molar-refractivity contribution in [2.24, 2.45) is 10.9 Å². The lowest BCUT2D eigenvalue weighted by molar-refractivity contribution is 0.519. The first-order valence-corrected chi connectivity index (χ1v) is 8.04. The van der Waals surface area contributed by atoms with Crippen molar-refractivity contribution >= 4 is 5.71 Å². The van der Waals surface area contributed by atoms with Gasteiger partial charge in [-0.25, -0.2) is 0 Å². The summed E-state index contributed by atoms with van der Waals surface area (Å²) < 4.78 is 0. The summed E-state index contributed by atoms with van der Waals surface area (Å²) in [4.78, 5) is 4.82. The molecule has 0 N–H and O–H groups in total. The maximum atomic E-state index is 4.82. The van der Waals surface area contributed by atoms with Crippen LogP contribution in [0.2, 0.25) is 0 Å². The maximum Gasteiger partial charge on any atom is 0.0418 e. The molecule has 1 nitrogen and oxygen atoms in total. The smallest absolute Gasteiger partial charge is 0.0418 e. The largest absolute Gasteiger partial charge is 0.290 e. The predicted octanol–water partition coefficient (Wildman–Crippen LogP) is 5.72. The molecule has 0 aliphatic carbocycles. The van der Waals surface area contributed by atoms with Gasteiger partial charge in [0.25, 0.3) is 0 Å². The van der Waals surface area contributed by atoms with Crippen molar-refractivity contribution in [1.82, 2.24) is 0 Å². The van der Waals surface area contributed by atoms with E-state index in [9.17, 15) is 0 Å². The van der Waals surface area contributed by atoms with E-state index in [0.717, 1.165) is 18.9 Å². The molecule has 0 bridgehead atoms. The summed E-state index contributed by atoms with van der Waals surface area (Å²) in [5, 5.41) is 0. The molecule has 0 aromatic heterocycles. The van der Waals surface area contributed by atoms with Crippen molar-refractivity contribution in [2.75, 3.05) is 6.54 Å². The topological polar surface area (TPSA) is 12.4 Å². The Balaban J connectivity index is 2.56. The molecule has 1 heterocycles. The Kier molecular flexibility index (Phi) is 8.53. The van der Waals surface area contributed by atoms with Gasteiger partial charge in [0.1, 0.15) is 0 Å². The van der Waals surface area contributed by atoms with Crippen LogP contribution >= 0.6 is 0 Å². The third kappa shape index (κ3) is 8.02. The fraction of sp³-hybridized carbons (Fsp3) is 0.722. The second-order valence-corrected chi connectivity index (χ2v) is 5.98. The van der Waals surface area contributed by atoms with E-state index in [1.165, 1.54) is 50.7 Å². The first-order valence-electron chi connectivity index (χ1n) is 8.04. The van der Waals surface area contributed by atoms with Gasteiger partial charge in [0.05, 0.1) is 0 Å². The standard InChI is InChI=1S/C18H31N/c1-4-10-18-14-8-6-5-7-11-16(2)12-9-13-17(3)15-19-18/h4,10-11,17H,5-9,12-15H2,1-3H3/b10-4+,16-11-,19-18-. The van der Waals surface area contributed by atoms with E-state index >= 15 is 0 Å². The summed E-state index contributed by atoms with van der Waals surface area (Å²) in [6.45, 7) is 7.72. The Morgan fingerprint density at radius 2 is 2.00 bits per heavy atom. The zero-order valence-corrected chi connectivity index (χ0v) is 13.1. The molecule has 0 saturated carbocycles. The SMILES string of the molecule is C/C=C/C1=N/CC(C)CCC/C(C)=C\CCCCC1. The highest BCUT2D eigenvalue weighted by atomic mass is 14.7. The van der Waals surface area contributed by atoms with Crippen molar-refractivity contribution in [3.8, 4) is 0 Å². The van der Waals surface area contributed by atoms with E-state index in [1.54, 1.807) is 5.57 Å². The molecule has 1 aliphatic rings. The van der Waals surface area contributed by atoms with Crippen molar-refractivity contribution in [3.05, 3.63) is 23.8 Å². The Hall–Kier alpha value is -0.850. The summed E-state index contributed by atoms with van der Waals surface area (Å²) in [5.74, 6) is 0.719. The lowest BCUT2D eigenvalue weighted by atomic mass is 10.00. The fourth-order valence-corrected chi connectivity index (χ4v) is 2.58. The quantitative estimate of drug-likeness (QED) is 0.535. The molecular formula is C18H31N. The molecule has 1 atom stereocenters. The first-order chi connectivity index (χ1) is 9.22. The van der Waals surface area contributed by atoms with Gasteiger partial charge in [-0.3, -0.25) is 4.99 Å². The first kappa shape index (κ1) is 16.2. The molecule has 0 amide bonds. The van der Waals surface area contributed by atoms with E-state index in [-0.39, 0.29) is 0 Å². The lowest BCUT2D eigenvalue weighted by Gasteiger charge is -2.11. The molecule has 0 fully saturated rings. The Labute approximate surface area is 119 Å². The minimum atomic E-state index is 0.719. The molecular weight excluding hydrogens is 230 g/mol. The monoisotopic (exact) mass is 261 g/mol. The Morgan fingerprint density at radius 1 is 1.16 bits per heavy atom. The number of aliphatic imine (C=N–C) groups is 1. The highest BCUT2D eigenvalue weighted by molar-refractivity contribution is 5.94. The molecule has 0 spiro atoms. The molecule has 1 unspecified atom stereocenters. The average Bonchev–Trinajstić information content (AvgIpc) is 2.39. The van der Waals surface area contributed by atoms with Crippen molar-refractivity contribution in [3.63, 3.8) is 0 Å². The van der Waals surface area contributed by atoms with Crippen molar-refractivity contribution in [2.45, 2.75) is 72.1 Å². The van der Waals surface area contributed by atoms with Gasteiger partial charge in [-0.15, -0.1) is 0 Å². The maximum absolute atomic E-state index is 4.82. The summed E-state index contributed by atoms with van der Waals surface area (Å²) in [6, 6.07) is 0. The number of hydrogen-bond donors (Lipinski definition) is 0. The van der Waals surface area contributed by atoms with Crippen LogP contribution in [0.3, 0.4) is 0 Å². The highest BCUT2D eigenvalue weighted by Gasteiger charge is 2.03. The Bertz CT molecular complexity index is 323. The zero-order valence-electron chi connectivity index (χ0n) is 13.1. The van der Waals surface area contributed by atoms with Crippen LogP contribution in [0.4, 0.5) is 0 Å². The molecule has 0 saturated heterocycles. The van der Waals surface area contributed by atoms with Crippen LogP contribution in [0.25, 0.3) is 0 Å². The fourth-order valence-electron chi connectivity index (χ4n) is 2.58. The van der Waals surface area contributed by atoms with E-state index in [2.05, 4.69) is 39.0 Å². The second kappa shape index (κ2) is 10.00. The molecule has 1 heteroatoms. The third-order valence-corrected chi connectivity index (χ3v) is 3.86. The molecule has 1 aliphatic heterocycles. The van der Waals surface area contributed by atoms with Crippen LogP contribution in [0.15, 0.2) is 28.8 Å². The molecule has 0 aromatic rings. The summed E-state index contributed by atoms with van der Waals surface area (Å²) in [7, 11) is 0. The van der Waals surface area contributed by atoms with Crippen LogP contribution in [-0.4, -0.2) is 12.3 Å². The molecule has 1 rings (SSSR count). The van der Waals surface area contributed by atoms with Gasteiger partial charge in [-0.2, -0.15) is 0 Å². The molecule has 19 heavy (non-hydrogen) atoms. The van der Waals surface area contributed by atoms with Gasteiger partial charge in [0.15, 0.2) is 0 Å². The van der Waals surface area contributed by atoms with Gasteiger partial charge >= 0.3 is 0 Å². The number of nitrogens with zero attached hydrogens (tertiary/aromatic N) is 1. The number of hydrogen-bond acceptors (Lipinski definition) is 1. The second-order valence-electron chi connectivity index (χ2n) is 5.98. The number of allylic oxidation sites excluding steroid dienone is 4. The van der Waals surface area contributed by atoms with E-state index < -0.39 is 0 Å². The minimum absolute atomic E-state index is 0.719. The van der Waals surface area contributed by atoms with Crippen LogP contribution in [0.1, 0.15) is 72.1 Å². The lowest BCUT2D eigenvalue weighted by Crippen LogP contribution is -2.04. The normalized spacial score (nSPS) is 30.2. The summed E-state index contributed by atoms with van der Waals surface area (Å²) >= 11 is 0. The zero-order chi connectivity index (χ0) is 13.9. The van der Waals surface area contributed by atoms with Crippen LogP contribution in [-0.2, 0) is 0 Å². The van der Waals surface area contributed by atoms with Crippen molar-refractivity contribution in [1.29, 1.82) is 0 Å². The minimum Gasteiger partial charge on any atom is -0.290 e. The number of rotatable bonds is 1. The molecule has 0 radical (unpaired) electrons. The van der Waals surface area contributed by atoms with Gasteiger partial charge in [-0.1, -0.05) is 31.1 Å². The van der Waals surface area contributed by atoms with Crippen LogP contribution in [0.5, 0.6) is 0 Å². The van der Waals surface area contributed by atoms with E-state index in [0.29, 0.717) is 0 Å². The summed E-state index contributed by atoms with van der Waals surface area (Å²) in [6.07, 6.45) is 17.0. The predicted molar refractivity (Wildman–Crippen MR) is 87.0 cm³/mol. The highest BCUT2D eigenvalue weighted by Crippen LogP contribution is 2.16. The van der Waals surface area contributed by atoms with Crippen molar-refractivity contribution < 1.29 is 0 Å². The van der Waals surface area contributed by atoms with Gasteiger partial charge in [0.2, 0.25) is 0 Å². The van der Waals surface area contributed by atoms with Crippen LogP contribution < -0.4 is 0 Å².